The third-order valence-electron chi connectivity index (χ3n) is 11.7. The molecule has 0 radical (unpaired) electrons. The Bertz CT molecular complexity index is 3520. The molecule has 0 aliphatic rings. The largest absolute Gasteiger partial charge is 0.293 e. The van der Waals surface area contributed by atoms with Gasteiger partial charge in [-0.05, 0) is 92.8 Å². The van der Waals surface area contributed by atoms with Crippen LogP contribution < -0.4 is 0 Å². The number of benzene rings is 9. The molecule has 5 nitrogen and oxygen atoms in total. The Morgan fingerprint density at radius 2 is 0.767 bits per heavy atom. The summed E-state index contributed by atoms with van der Waals surface area (Å²) in [5.74, 6) is 1.90. The van der Waals surface area contributed by atoms with E-state index in [1.165, 1.54) is 32.8 Å². The molecule has 12 rings (SSSR count). The molecule has 12 aromatic rings. The van der Waals surface area contributed by atoms with E-state index in [2.05, 4.69) is 221 Å². The average Bonchev–Trinajstić information content (AvgIpc) is 3.84. The Hall–Kier alpha value is -8.15. The fraction of sp³-hybridized carbons (Fsp3) is 0. The highest BCUT2D eigenvalue weighted by molar-refractivity contribution is 6.09. The highest BCUT2D eigenvalue weighted by Crippen LogP contribution is 2.42. The van der Waals surface area contributed by atoms with Gasteiger partial charge in [-0.15, -0.1) is 0 Å². The van der Waals surface area contributed by atoms with Crippen LogP contribution >= 0.6 is 0 Å². The molecular weight excluding hydrogens is 731 g/mol. The first-order chi connectivity index (χ1) is 29.7. The Kier molecular flexibility index (Phi) is 7.78. The van der Waals surface area contributed by atoms with Crippen molar-refractivity contribution in [3.63, 3.8) is 0 Å². The minimum Gasteiger partial charge on any atom is -0.293 e. The van der Waals surface area contributed by atoms with E-state index in [0.29, 0.717) is 17.5 Å². The van der Waals surface area contributed by atoms with Crippen LogP contribution in [0.2, 0.25) is 0 Å². The molecule has 0 N–H and O–H groups in total. The number of aromatic nitrogens is 5. The predicted octanol–water partition coefficient (Wildman–Crippen LogP) is 13.9. The smallest absolute Gasteiger partial charge is 0.164 e. The van der Waals surface area contributed by atoms with Gasteiger partial charge in [0, 0.05) is 33.3 Å². The van der Waals surface area contributed by atoms with Crippen molar-refractivity contribution in [2.24, 2.45) is 0 Å². The van der Waals surface area contributed by atoms with Crippen molar-refractivity contribution in [3.8, 4) is 62.1 Å². The first-order valence-corrected chi connectivity index (χ1v) is 20.3. The van der Waals surface area contributed by atoms with Gasteiger partial charge in [0.05, 0.1) is 16.6 Å². The van der Waals surface area contributed by atoms with Gasteiger partial charge < -0.3 is 0 Å². The van der Waals surface area contributed by atoms with Crippen LogP contribution in [-0.4, -0.2) is 23.9 Å². The van der Waals surface area contributed by atoms with Crippen molar-refractivity contribution < 1.29 is 0 Å². The van der Waals surface area contributed by atoms with Gasteiger partial charge >= 0.3 is 0 Å². The van der Waals surface area contributed by atoms with Crippen LogP contribution in [0.5, 0.6) is 0 Å². The lowest BCUT2D eigenvalue weighted by molar-refractivity contribution is 1.08. The number of rotatable bonds is 6. The van der Waals surface area contributed by atoms with Gasteiger partial charge in [-0.2, -0.15) is 0 Å². The summed E-state index contributed by atoms with van der Waals surface area (Å²) in [6.07, 6.45) is 0. The van der Waals surface area contributed by atoms with E-state index >= 15 is 0 Å². The van der Waals surface area contributed by atoms with Gasteiger partial charge in [0.1, 0.15) is 5.65 Å². The van der Waals surface area contributed by atoms with Crippen molar-refractivity contribution in [2.75, 3.05) is 0 Å². The summed E-state index contributed by atoms with van der Waals surface area (Å²) in [6.45, 7) is 0. The fourth-order valence-corrected chi connectivity index (χ4v) is 8.87. The fourth-order valence-electron chi connectivity index (χ4n) is 8.87. The molecular formula is C55H35N5. The van der Waals surface area contributed by atoms with Crippen LogP contribution in [0, 0.1) is 0 Å². The van der Waals surface area contributed by atoms with E-state index in [1.54, 1.807) is 0 Å². The summed E-state index contributed by atoms with van der Waals surface area (Å²) in [5.41, 5.74) is 13.1. The lowest BCUT2D eigenvalue weighted by Gasteiger charge is -2.12. The van der Waals surface area contributed by atoms with E-state index in [4.69, 9.17) is 15.0 Å². The molecule has 0 atom stereocenters. The molecule has 3 heterocycles. The van der Waals surface area contributed by atoms with E-state index in [9.17, 15) is 0 Å². The van der Waals surface area contributed by atoms with Crippen LogP contribution in [0.4, 0.5) is 0 Å². The standard InChI is InChI=1S/C55H35N5/c1-2-22-46(23-3-1)59-49-26-10-11-27-50(49)60-48-25-9-8-24-47(48)51(55(59)60)42-20-12-18-40(32-42)41-19-13-21-43(35-41)52-56-53(44-30-28-36-14-4-6-16-38(36)33-44)58-54(57-52)45-31-29-37-15-5-7-17-39(37)34-45/h1-35H. The highest BCUT2D eigenvalue weighted by atomic mass is 15.1. The Morgan fingerprint density at radius 1 is 0.300 bits per heavy atom. The quantitative estimate of drug-likeness (QED) is 0.169. The predicted molar refractivity (Wildman–Crippen MR) is 247 cm³/mol. The number of hydrogen-bond donors (Lipinski definition) is 0. The number of imidazole rings is 1. The van der Waals surface area contributed by atoms with Crippen molar-refractivity contribution in [2.45, 2.75) is 0 Å². The van der Waals surface area contributed by atoms with E-state index in [0.717, 1.165) is 61.0 Å². The highest BCUT2D eigenvalue weighted by Gasteiger charge is 2.22. The van der Waals surface area contributed by atoms with Crippen molar-refractivity contribution >= 4 is 49.1 Å². The molecule has 0 amide bonds. The van der Waals surface area contributed by atoms with Gasteiger partial charge in [0.2, 0.25) is 0 Å². The second-order valence-electron chi connectivity index (χ2n) is 15.3. The lowest BCUT2D eigenvalue weighted by Crippen LogP contribution is -2.00. The normalized spacial score (nSPS) is 11.7. The third-order valence-corrected chi connectivity index (χ3v) is 11.7. The lowest BCUT2D eigenvalue weighted by atomic mass is 9.97. The molecule has 9 aromatic carbocycles. The van der Waals surface area contributed by atoms with Crippen LogP contribution in [0.1, 0.15) is 0 Å². The maximum atomic E-state index is 5.16. The van der Waals surface area contributed by atoms with Gasteiger partial charge in [0.25, 0.3) is 0 Å². The van der Waals surface area contributed by atoms with Crippen molar-refractivity contribution in [1.29, 1.82) is 0 Å². The molecule has 0 saturated carbocycles. The van der Waals surface area contributed by atoms with Crippen LogP contribution in [0.15, 0.2) is 212 Å². The average molecular weight is 766 g/mol. The SMILES string of the molecule is c1ccc(-n2c3ccccc3n3c4ccccc4c(-c4cccc(-c5cccc(-c6nc(-c7ccc8ccccc8c7)nc(-c7ccc8ccccc8c7)n6)c5)c4)c23)cc1. The summed E-state index contributed by atoms with van der Waals surface area (Å²) in [6, 6.07) is 75.2. The number of hydrogen-bond acceptors (Lipinski definition) is 3. The first kappa shape index (κ1) is 33.9. The minimum atomic E-state index is 0.627. The van der Waals surface area contributed by atoms with Crippen LogP contribution in [0.25, 0.3) is 111 Å². The third kappa shape index (κ3) is 5.59. The maximum Gasteiger partial charge on any atom is 0.164 e. The molecule has 280 valence electrons. The summed E-state index contributed by atoms with van der Waals surface area (Å²) < 4.78 is 4.82. The maximum absolute atomic E-state index is 5.16. The van der Waals surface area contributed by atoms with Crippen LogP contribution in [-0.2, 0) is 0 Å². The minimum absolute atomic E-state index is 0.627. The summed E-state index contributed by atoms with van der Waals surface area (Å²) in [4.78, 5) is 15.4. The summed E-state index contributed by atoms with van der Waals surface area (Å²) in [7, 11) is 0. The van der Waals surface area contributed by atoms with E-state index in [-0.39, 0.29) is 0 Å². The Balaban J connectivity index is 1.02. The Labute approximate surface area is 346 Å². The van der Waals surface area contributed by atoms with Gasteiger partial charge in [-0.3, -0.25) is 8.97 Å². The molecule has 60 heavy (non-hydrogen) atoms. The zero-order chi connectivity index (χ0) is 39.6. The zero-order valence-corrected chi connectivity index (χ0v) is 32.4. The van der Waals surface area contributed by atoms with Gasteiger partial charge in [-0.1, -0.05) is 158 Å². The molecule has 5 heteroatoms. The molecule has 0 fully saturated rings. The number of para-hydroxylation sites is 4. The molecule has 0 aliphatic carbocycles. The molecule has 0 saturated heterocycles. The monoisotopic (exact) mass is 765 g/mol. The second kappa shape index (κ2) is 13.8. The first-order valence-electron chi connectivity index (χ1n) is 20.3. The topological polar surface area (TPSA) is 48.0 Å². The molecule has 3 aromatic heterocycles. The van der Waals surface area contributed by atoms with Crippen LogP contribution in [0.3, 0.4) is 0 Å². The summed E-state index contributed by atoms with van der Waals surface area (Å²) >= 11 is 0. The van der Waals surface area contributed by atoms with E-state index < -0.39 is 0 Å². The van der Waals surface area contributed by atoms with Crippen molar-refractivity contribution in [1.82, 2.24) is 23.9 Å². The van der Waals surface area contributed by atoms with Gasteiger partial charge in [-0.25, -0.2) is 15.0 Å². The molecule has 0 spiro atoms. The number of fused-ring (bicyclic) bond motifs is 7. The molecule has 0 unspecified atom stereocenters. The Morgan fingerprint density at radius 3 is 1.40 bits per heavy atom. The molecule has 0 bridgehead atoms. The van der Waals surface area contributed by atoms with E-state index in [1.807, 2.05) is 0 Å². The van der Waals surface area contributed by atoms with Crippen molar-refractivity contribution in [3.05, 3.63) is 212 Å². The molecule has 0 aliphatic heterocycles. The summed E-state index contributed by atoms with van der Waals surface area (Å²) in [5, 5.41) is 5.85. The number of nitrogens with zero attached hydrogens (tertiary/aromatic N) is 5. The second-order valence-corrected chi connectivity index (χ2v) is 15.3. The van der Waals surface area contributed by atoms with Gasteiger partial charge in [0.15, 0.2) is 17.5 Å². The zero-order valence-electron chi connectivity index (χ0n) is 32.4.